The smallest absolute Gasteiger partial charge is 0.201 e. The number of aromatic nitrogens is 2. The lowest BCUT2D eigenvalue weighted by molar-refractivity contribution is 0.621. The number of benzene rings is 1. The Morgan fingerprint density at radius 3 is 2.89 bits per heavy atom. The molecule has 0 amide bonds. The Kier molecular flexibility index (Phi) is 3.40. The summed E-state index contributed by atoms with van der Waals surface area (Å²) >= 11 is 9.32. The fourth-order valence-electron chi connectivity index (χ4n) is 1.90. The molecule has 2 N–H and O–H groups in total. The van der Waals surface area contributed by atoms with Crippen molar-refractivity contribution < 1.29 is 4.39 Å². The van der Waals surface area contributed by atoms with Crippen molar-refractivity contribution in [1.29, 1.82) is 0 Å². The van der Waals surface area contributed by atoms with Crippen LogP contribution < -0.4 is 5.73 Å². The molecule has 0 radical (unpaired) electrons. The lowest BCUT2D eigenvalue weighted by atomic mass is 10.3. The first kappa shape index (κ1) is 13.1. The van der Waals surface area contributed by atoms with Gasteiger partial charge in [0.2, 0.25) is 5.95 Å². The van der Waals surface area contributed by atoms with Crippen LogP contribution in [0.4, 0.5) is 10.3 Å². The van der Waals surface area contributed by atoms with Crippen molar-refractivity contribution in [1.82, 2.24) is 9.55 Å². The van der Waals surface area contributed by atoms with E-state index in [-0.39, 0.29) is 5.82 Å². The monoisotopic (exact) mass is 407 g/mol. The zero-order chi connectivity index (χ0) is 13.6. The van der Waals surface area contributed by atoms with Crippen LogP contribution in [0, 0.1) is 9.39 Å². The average molecular weight is 408 g/mol. The maximum absolute atomic E-state index is 13.7. The molecule has 7 heteroatoms. The van der Waals surface area contributed by atoms with Crippen molar-refractivity contribution in [2.24, 2.45) is 0 Å². The molecule has 0 atom stereocenters. The fourth-order valence-corrected chi connectivity index (χ4v) is 3.42. The van der Waals surface area contributed by atoms with Gasteiger partial charge in [-0.2, -0.15) is 0 Å². The summed E-state index contributed by atoms with van der Waals surface area (Å²) in [5.41, 5.74) is 7.30. The Morgan fingerprint density at radius 2 is 2.21 bits per heavy atom. The van der Waals surface area contributed by atoms with Gasteiger partial charge in [0, 0.05) is 10.9 Å². The van der Waals surface area contributed by atoms with E-state index >= 15 is 0 Å². The van der Waals surface area contributed by atoms with Crippen LogP contribution >= 0.6 is 45.5 Å². The summed E-state index contributed by atoms with van der Waals surface area (Å²) in [7, 11) is 0. The summed E-state index contributed by atoms with van der Waals surface area (Å²) in [6, 6.07) is 6.93. The molecular weight excluding hydrogens is 400 g/mol. The third-order valence-corrected chi connectivity index (χ3v) is 4.81. The summed E-state index contributed by atoms with van der Waals surface area (Å²) in [5.74, 6) is 0.111. The molecular formula is C12H8ClFIN3S. The molecule has 1 aromatic carbocycles. The van der Waals surface area contributed by atoms with Gasteiger partial charge in [-0.25, -0.2) is 9.37 Å². The maximum atomic E-state index is 13.7. The van der Waals surface area contributed by atoms with Gasteiger partial charge in [0.25, 0.3) is 0 Å². The van der Waals surface area contributed by atoms with Crippen molar-refractivity contribution in [2.75, 3.05) is 5.73 Å². The first-order valence-corrected chi connectivity index (χ1v) is 7.67. The molecule has 2 heterocycles. The predicted molar refractivity (Wildman–Crippen MR) is 85.3 cm³/mol. The third kappa shape index (κ3) is 2.44. The third-order valence-electron chi connectivity index (χ3n) is 2.76. The highest BCUT2D eigenvalue weighted by Gasteiger charge is 2.12. The summed E-state index contributed by atoms with van der Waals surface area (Å²) in [6.45, 7) is 0.541. The number of halogens is 3. The average Bonchev–Trinajstić information content (AvgIpc) is 2.87. The summed E-state index contributed by atoms with van der Waals surface area (Å²) in [4.78, 5) is 5.31. The Labute approximate surface area is 131 Å². The van der Waals surface area contributed by atoms with Crippen molar-refractivity contribution in [2.45, 2.75) is 6.54 Å². The fraction of sp³-hybridized carbons (Fsp3) is 0.0833. The molecule has 0 bridgehead atoms. The number of nitrogens with zero attached hydrogens (tertiary/aromatic N) is 2. The molecule has 19 heavy (non-hydrogen) atoms. The SMILES string of the molecule is Nc1nc2cc(I)c(F)cc2n1Cc1ccc(Cl)s1. The van der Waals surface area contributed by atoms with E-state index in [0.29, 0.717) is 27.1 Å². The van der Waals surface area contributed by atoms with Gasteiger partial charge in [0.05, 0.1) is 25.5 Å². The van der Waals surface area contributed by atoms with Crippen LogP contribution in [-0.2, 0) is 6.54 Å². The normalized spacial score (nSPS) is 11.3. The second kappa shape index (κ2) is 4.92. The van der Waals surface area contributed by atoms with Crippen molar-refractivity contribution in [3.63, 3.8) is 0 Å². The number of anilines is 1. The molecule has 0 fully saturated rings. The number of thiophene rings is 1. The van der Waals surface area contributed by atoms with Gasteiger partial charge in [0.15, 0.2) is 0 Å². The molecule has 0 aliphatic rings. The van der Waals surface area contributed by atoms with Gasteiger partial charge < -0.3 is 10.3 Å². The Morgan fingerprint density at radius 1 is 1.42 bits per heavy atom. The van der Waals surface area contributed by atoms with Crippen LogP contribution in [0.15, 0.2) is 24.3 Å². The zero-order valence-electron chi connectivity index (χ0n) is 9.53. The second-order valence-corrected chi connectivity index (χ2v) is 6.98. The highest BCUT2D eigenvalue weighted by molar-refractivity contribution is 14.1. The number of nitrogen functional groups attached to an aromatic ring is 1. The lowest BCUT2D eigenvalue weighted by Crippen LogP contribution is -2.03. The summed E-state index contributed by atoms with van der Waals surface area (Å²) in [6.07, 6.45) is 0. The Hall–Kier alpha value is -0.860. The molecule has 0 aliphatic carbocycles. The van der Waals surface area contributed by atoms with Gasteiger partial charge in [-0.3, -0.25) is 0 Å². The van der Waals surface area contributed by atoms with E-state index in [4.69, 9.17) is 17.3 Å². The quantitative estimate of drug-likeness (QED) is 0.649. The van der Waals surface area contributed by atoms with Crippen molar-refractivity contribution >= 4 is 62.5 Å². The minimum atomic E-state index is -0.265. The van der Waals surface area contributed by atoms with E-state index in [1.807, 2.05) is 34.7 Å². The van der Waals surface area contributed by atoms with Crippen LogP contribution in [0.2, 0.25) is 4.34 Å². The van der Waals surface area contributed by atoms with Crippen LogP contribution in [0.25, 0.3) is 11.0 Å². The van der Waals surface area contributed by atoms with Crippen LogP contribution in [0.5, 0.6) is 0 Å². The molecule has 3 nitrogen and oxygen atoms in total. The molecule has 0 unspecified atom stereocenters. The minimum Gasteiger partial charge on any atom is -0.369 e. The van der Waals surface area contributed by atoms with Gasteiger partial charge in [-0.05, 0) is 40.8 Å². The topological polar surface area (TPSA) is 43.8 Å². The summed E-state index contributed by atoms with van der Waals surface area (Å²) < 4.78 is 16.7. The number of hydrogen-bond donors (Lipinski definition) is 1. The van der Waals surface area contributed by atoms with Crippen LogP contribution in [-0.4, -0.2) is 9.55 Å². The molecule has 2 aromatic heterocycles. The number of imidazole rings is 1. The number of hydrogen-bond acceptors (Lipinski definition) is 3. The van der Waals surface area contributed by atoms with Crippen molar-refractivity contribution in [3.05, 3.63) is 42.9 Å². The summed E-state index contributed by atoms with van der Waals surface area (Å²) in [5, 5.41) is 0. The maximum Gasteiger partial charge on any atom is 0.201 e. The van der Waals surface area contributed by atoms with E-state index in [9.17, 15) is 4.39 Å². The van der Waals surface area contributed by atoms with Crippen molar-refractivity contribution in [3.8, 4) is 0 Å². The second-order valence-electron chi connectivity index (χ2n) is 4.02. The Balaban J connectivity index is 2.12. The standard InChI is InChI=1S/C12H8ClFIN3S/c13-11-2-1-6(19-11)5-18-10-3-7(14)8(15)4-9(10)17-12(18)16/h1-4H,5H2,(H2,16,17). The molecule has 0 spiro atoms. The van der Waals surface area contributed by atoms with E-state index < -0.39 is 0 Å². The van der Waals surface area contributed by atoms with E-state index in [0.717, 1.165) is 9.21 Å². The van der Waals surface area contributed by atoms with Crippen LogP contribution in [0.3, 0.4) is 0 Å². The van der Waals surface area contributed by atoms with E-state index in [2.05, 4.69) is 4.98 Å². The Bertz CT molecular complexity index is 768. The largest absolute Gasteiger partial charge is 0.369 e. The van der Waals surface area contributed by atoms with E-state index in [1.54, 1.807) is 10.6 Å². The zero-order valence-corrected chi connectivity index (χ0v) is 13.3. The van der Waals surface area contributed by atoms with E-state index in [1.165, 1.54) is 17.4 Å². The number of rotatable bonds is 2. The molecule has 0 aliphatic heterocycles. The molecule has 3 rings (SSSR count). The first-order chi connectivity index (χ1) is 9.04. The lowest BCUT2D eigenvalue weighted by Gasteiger charge is -2.04. The van der Waals surface area contributed by atoms with Gasteiger partial charge in [-0.1, -0.05) is 11.6 Å². The molecule has 98 valence electrons. The number of fused-ring (bicyclic) bond motifs is 1. The predicted octanol–water partition coefficient (Wildman–Crippen LogP) is 4.13. The number of nitrogens with two attached hydrogens (primary N) is 1. The van der Waals surface area contributed by atoms with Gasteiger partial charge in [0.1, 0.15) is 5.82 Å². The van der Waals surface area contributed by atoms with Gasteiger partial charge >= 0.3 is 0 Å². The van der Waals surface area contributed by atoms with Gasteiger partial charge in [-0.15, -0.1) is 11.3 Å². The highest BCUT2D eigenvalue weighted by Crippen LogP contribution is 2.27. The molecule has 0 saturated carbocycles. The first-order valence-electron chi connectivity index (χ1n) is 5.39. The molecule has 0 saturated heterocycles. The van der Waals surface area contributed by atoms with Crippen LogP contribution in [0.1, 0.15) is 4.88 Å². The highest BCUT2D eigenvalue weighted by atomic mass is 127. The molecule has 3 aromatic rings. The minimum absolute atomic E-state index is 0.265.